The van der Waals surface area contributed by atoms with Crippen LogP contribution in [0.2, 0.25) is 0 Å². The van der Waals surface area contributed by atoms with Gasteiger partial charge in [-0.1, -0.05) is 30.3 Å². The summed E-state index contributed by atoms with van der Waals surface area (Å²) in [6.45, 7) is 0. The lowest BCUT2D eigenvalue weighted by Gasteiger charge is -2.04. The van der Waals surface area contributed by atoms with Crippen LogP contribution in [0.25, 0.3) is 5.95 Å². The van der Waals surface area contributed by atoms with Gasteiger partial charge in [0, 0.05) is 37.0 Å². The number of H-pyrrole nitrogens is 1. The Bertz CT molecular complexity index is 854. The fourth-order valence-electron chi connectivity index (χ4n) is 2.48. The van der Waals surface area contributed by atoms with Gasteiger partial charge >= 0.3 is 0 Å². The monoisotopic (exact) mass is 322 g/mol. The molecule has 3 rings (SSSR count). The Morgan fingerprint density at radius 3 is 2.71 bits per heavy atom. The largest absolute Gasteiger partial charge is 0.299 e. The molecular formula is C18H18N4O2. The predicted molar refractivity (Wildman–Crippen MR) is 90.1 cm³/mol. The fraction of sp³-hybridized carbons (Fsp3) is 0.222. The van der Waals surface area contributed by atoms with E-state index >= 15 is 0 Å². The van der Waals surface area contributed by atoms with Crippen LogP contribution < -0.4 is 5.56 Å². The second-order valence-corrected chi connectivity index (χ2v) is 5.57. The van der Waals surface area contributed by atoms with Gasteiger partial charge in [0.15, 0.2) is 0 Å². The van der Waals surface area contributed by atoms with E-state index in [0.717, 1.165) is 12.8 Å². The molecule has 2 aromatic heterocycles. The van der Waals surface area contributed by atoms with Gasteiger partial charge in [0.2, 0.25) is 5.95 Å². The number of nitrogens with zero attached hydrogens (tertiary/aromatic N) is 3. The van der Waals surface area contributed by atoms with Crippen molar-refractivity contribution in [1.82, 2.24) is 19.7 Å². The molecule has 0 saturated carbocycles. The normalized spacial score (nSPS) is 10.7. The molecule has 0 radical (unpaired) electrons. The molecule has 2 heterocycles. The van der Waals surface area contributed by atoms with E-state index in [4.69, 9.17) is 0 Å². The van der Waals surface area contributed by atoms with Gasteiger partial charge in [-0.15, -0.1) is 0 Å². The first-order valence-corrected chi connectivity index (χ1v) is 7.86. The van der Waals surface area contributed by atoms with E-state index in [1.807, 2.05) is 30.3 Å². The number of hydrogen-bond acceptors (Lipinski definition) is 4. The summed E-state index contributed by atoms with van der Waals surface area (Å²) in [5.41, 5.74) is 1.30. The average molecular weight is 322 g/mol. The van der Waals surface area contributed by atoms with E-state index in [1.54, 1.807) is 18.5 Å². The summed E-state index contributed by atoms with van der Waals surface area (Å²) < 4.78 is 1.47. The van der Waals surface area contributed by atoms with E-state index in [1.165, 1.54) is 16.4 Å². The molecule has 6 heteroatoms. The molecule has 0 aliphatic carbocycles. The van der Waals surface area contributed by atoms with Gasteiger partial charge in [-0.3, -0.25) is 14.6 Å². The number of hydrogen-bond donors (Lipinski definition) is 1. The zero-order valence-electron chi connectivity index (χ0n) is 13.2. The number of aromatic amines is 1. The first-order valence-electron chi connectivity index (χ1n) is 7.86. The highest BCUT2D eigenvalue weighted by Gasteiger charge is 2.09. The van der Waals surface area contributed by atoms with Gasteiger partial charge in [0.25, 0.3) is 5.56 Å². The van der Waals surface area contributed by atoms with E-state index < -0.39 is 0 Å². The lowest BCUT2D eigenvalue weighted by molar-refractivity contribution is -0.118. The van der Waals surface area contributed by atoms with Gasteiger partial charge in [0.1, 0.15) is 5.78 Å². The minimum Gasteiger partial charge on any atom is -0.299 e. The van der Waals surface area contributed by atoms with Gasteiger partial charge in [-0.2, -0.15) is 5.10 Å². The lowest BCUT2D eigenvalue weighted by atomic mass is 10.0. The number of carbonyl (C=O) groups is 1. The van der Waals surface area contributed by atoms with Crippen LogP contribution >= 0.6 is 0 Å². The third kappa shape index (κ3) is 4.04. The summed E-state index contributed by atoms with van der Waals surface area (Å²) in [7, 11) is 0. The smallest absolute Gasteiger partial charge is 0.255 e. The zero-order valence-corrected chi connectivity index (χ0v) is 13.2. The fourth-order valence-corrected chi connectivity index (χ4v) is 2.48. The Hall–Kier alpha value is -3.02. The SMILES string of the molecule is O=C(CCCc1ccccc1)Cc1cnc(-n2cccn2)[nH]c1=O. The van der Waals surface area contributed by atoms with E-state index in [0.29, 0.717) is 17.9 Å². The first kappa shape index (κ1) is 15.9. The highest BCUT2D eigenvalue weighted by Crippen LogP contribution is 2.06. The number of aryl methyl sites for hydroxylation is 1. The van der Waals surface area contributed by atoms with Crippen molar-refractivity contribution in [2.24, 2.45) is 0 Å². The van der Waals surface area contributed by atoms with Crippen LogP contribution in [0, 0.1) is 0 Å². The molecule has 0 unspecified atom stereocenters. The van der Waals surface area contributed by atoms with Gasteiger partial charge in [-0.25, -0.2) is 9.67 Å². The molecule has 0 spiro atoms. The Kier molecular flexibility index (Phi) is 4.96. The predicted octanol–water partition coefficient (Wildman–Crippen LogP) is 2.09. The summed E-state index contributed by atoms with van der Waals surface area (Å²) in [6.07, 6.45) is 6.94. The van der Waals surface area contributed by atoms with E-state index in [-0.39, 0.29) is 17.8 Å². The lowest BCUT2D eigenvalue weighted by Crippen LogP contribution is -2.20. The number of carbonyl (C=O) groups excluding carboxylic acids is 1. The number of aromatic nitrogens is 4. The molecular weight excluding hydrogens is 304 g/mol. The molecule has 24 heavy (non-hydrogen) atoms. The summed E-state index contributed by atoms with van der Waals surface area (Å²) >= 11 is 0. The first-order chi connectivity index (χ1) is 11.7. The van der Waals surface area contributed by atoms with Gasteiger partial charge < -0.3 is 0 Å². The molecule has 1 N–H and O–H groups in total. The third-order valence-electron chi connectivity index (χ3n) is 3.73. The van der Waals surface area contributed by atoms with Crippen molar-refractivity contribution in [1.29, 1.82) is 0 Å². The van der Waals surface area contributed by atoms with Crippen molar-refractivity contribution in [2.45, 2.75) is 25.7 Å². The van der Waals surface area contributed by atoms with Gasteiger partial charge in [-0.05, 0) is 24.5 Å². The van der Waals surface area contributed by atoms with Crippen molar-refractivity contribution in [2.75, 3.05) is 0 Å². The average Bonchev–Trinajstić information content (AvgIpc) is 3.12. The molecule has 0 atom stereocenters. The maximum absolute atomic E-state index is 12.1. The zero-order chi connectivity index (χ0) is 16.8. The second kappa shape index (κ2) is 7.50. The maximum Gasteiger partial charge on any atom is 0.255 e. The van der Waals surface area contributed by atoms with Crippen molar-refractivity contribution >= 4 is 5.78 Å². The quantitative estimate of drug-likeness (QED) is 0.722. The molecule has 0 aliphatic rings. The van der Waals surface area contributed by atoms with Crippen LogP contribution in [-0.2, 0) is 17.6 Å². The molecule has 3 aromatic rings. The number of benzene rings is 1. The summed E-state index contributed by atoms with van der Waals surface area (Å²) in [4.78, 5) is 31.0. The second-order valence-electron chi connectivity index (χ2n) is 5.57. The van der Waals surface area contributed by atoms with Crippen LogP contribution in [0.5, 0.6) is 0 Å². The number of nitrogens with one attached hydrogen (secondary N) is 1. The summed E-state index contributed by atoms with van der Waals surface area (Å²) in [6, 6.07) is 11.8. The van der Waals surface area contributed by atoms with Crippen LogP contribution in [0.1, 0.15) is 24.0 Å². The summed E-state index contributed by atoms with van der Waals surface area (Å²) in [5, 5.41) is 4.00. The van der Waals surface area contributed by atoms with Crippen molar-refractivity contribution in [3.8, 4) is 5.95 Å². The van der Waals surface area contributed by atoms with E-state index in [2.05, 4.69) is 15.1 Å². The van der Waals surface area contributed by atoms with Crippen LogP contribution in [-0.4, -0.2) is 25.5 Å². The van der Waals surface area contributed by atoms with Crippen molar-refractivity contribution in [3.63, 3.8) is 0 Å². The summed E-state index contributed by atoms with van der Waals surface area (Å²) in [5.74, 6) is 0.385. The molecule has 0 saturated heterocycles. The van der Waals surface area contributed by atoms with Crippen molar-refractivity contribution < 1.29 is 4.79 Å². The number of ketones is 1. The number of Topliss-reactive ketones (excluding diaryl/α,β-unsaturated/α-hetero) is 1. The molecule has 0 aliphatic heterocycles. The molecule has 0 bridgehead atoms. The Morgan fingerprint density at radius 1 is 1.17 bits per heavy atom. The minimum absolute atomic E-state index is 0.0464. The molecule has 0 fully saturated rings. The Labute approximate surface area is 139 Å². The minimum atomic E-state index is -0.299. The molecule has 1 aromatic carbocycles. The van der Waals surface area contributed by atoms with E-state index in [9.17, 15) is 9.59 Å². The standard InChI is InChI=1S/C18H18N4O2/c23-16(9-4-8-14-6-2-1-3-7-14)12-15-13-19-18(21-17(15)24)22-11-5-10-20-22/h1-3,5-7,10-11,13H,4,8-9,12H2,(H,19,21,24). The number of rotatable bonds is 7. The van der Waals surface area contributed by atoms with Crippen LogP contribution in [0.4, 0.5) is 0 Å². The molecule has 122 valence electrons. The highest BCUT2D eigenvalue weighted by atomic mass is 16.1. The topological polar surface area (TPSA) is 80.6 Å². The Balaban J connectivity index is 1.55. The molecule has 0 amide bonds. The van der Waals surface area contributed by atoms with Crippen LogP contribution in [0.15, 0.2) is 59.8 Å². The third-order valence-corrected chi connectivity index (χ3v) is 3.73. The van der Waals surface area contributed by atoms with Crippen molar-refractivity contribution in [3.05, 3.63) is 76.5 Å². The van der Waals surface area contributed by atoms with Gasteiger partial charge in [0.05, 0.1) is 0 Å². The highest BCUT2D eigenvalue weighted by molar-refractivity contribution is 5.80. The Morgan fingerprint density at radius 2 is 2.00 bits per heavy atom. The maximum atomic E-state index is 12.1. The van der Waals surface area contributed by atoms with Crippen LogP contribution in [0.3, 0.4) is 0 Å². The molecule has 6 nitrogen and oxygen atoms in total.